The third kappa shape index (κ3) is 3.56. The molecule has 4 fully saturated rings. The summed E-state index contributed by atoms with van der Waals surface area (Å²) in [5.74, 6) is 1.15. The van der Waals surface area contributed by atoms with E-state index in [1.165, 1.54) is 6.42 Å². The van der Waals surface area contributed by atoms with Crippen LogP contribution in [0, 0.1) is 27.4 Å². The second kappa shape index (κ2) is 7.67. The smallest absolute Gasteiger partial charge is 0.358 e. The number of amides is 1. The van der Waals surface area contributed by atoms with E-state index in [0.29, 0.717) is 29.3 Å². The Bertz CT molecular complexity index is 1050. The lowest BCUT2D eigenvalue weighted by atomic mass is 9.46. The summed E-state index contributed by atoms with van der Waals surface area (Å²) in [6.45, 7) is 3.38. The zero-order chi connectivity index (χ0) is 22.7. The number of carbonyl (C=O) groups excluding carboxylic acids is 1. The van der Waals surface area contributed by atoms with Gasteiger partial charge in [-0.1, -0.05) is 0 Å². The first-order chi connectivity index (χ1) is 15.2. The summed E-state index contributed by atoms with van der Waals surface area (Å²) in [4.78, 5) is 26.1. The van der Waals surface area contributed by atoms with Crippen LogP contribution in [-0.2, 0) is 23.4 Å². The van der Waals surface area contributed by atoms with Gasteiger partial charge in [0.25, 0.3) is 0 Å². The summed E-state index contributed by atoms with van der Waals surface area (Å²) in [6.07, 6.45) is 10.3. The Morgan fingerprint density at radius 1 is 1.34 bits per heavy atom. The van der Waals surface area contributed by atoms with E-state index in [0.717, 1.165) is 44.3 Å². The van der Waals surface area contributed by atoms with Crippen LogP contribution in [0.2, 0.25) is 0 Å². The summed E-state index contributed by atoms with van der Waals surface area (Å²) in [5.41, 5.74) is 0.771. The molecule has 9 nitrogen and oxygen atoms in total. The van der Waals surface area contributed by atoms with Crippen molar-refractivity contribution >= 4 is 27.7 Å². The largest absolute Gasteiger partial charge is 0.404 e. The average molecular weight is 505 g/mol. The van der Waals surface area contributed by atoms with Gasteiger partial charge in [-0.05, 0) is 89.6 Å². The first-order valence-corrected chi connectivity index (χ1v) is 12.2. The van der Waals surface area contributed by atoms with E-state index >= 15 is 0 Å². The van der Waals surface area contributed by atoms with Crippen molar-refractivity contribution in [2.24, 2.45) is 17.3 Å². The normalized spacial score (nSPS) is 30.6. The van der Waals surface area contributed by atoms with Crippen LogP contribution in [0.15, 0.2) is 22.9 Å². The molecule has 0 N–H and O–H groups in total. The van der Waals surface area contributed by atoms with Crippen LogP contribution in [0.25, 0.3) is 0 Å². The van der Waals surface area contributed by atoms with Gasteiger partial charge in [0.05, 0.1) is 29.1 Å². The molecule has 2 heterocycles. The fraction of sp³-hybridized carbons (Fsp3) is 0.682. The second-order valence-electron chi connectivity index (χ2n) is 10.3. The zero-order valence-corrected chi connectivity index (χ0v) is 20.1. The molecule has 0 aromatic carbocycles. The molecule has 4 bridgehead atoms. The fourth-order valence-corrected chi connectivity index (χ4v) is 7.57. The highest BCUT2D eigenvalue weighted by Gasteiger charge is 2.60. The van der Waals surface area contributed by atoms with E-state index in [1.54, 1.807) is 12.4 Å². The third-order valence-electron chi connectivity index (χ3n) is 7.92. The quantitative estimate of drug-likeness (QED) is 0.417. The second-order valence-corrected chi connectivity index (χ2v) is 11.1. The molecule has 0 spiro atoms. The Kier molecular flexibility index (Phi) is 5.18. The number of carbonyl (C=O) groups is 1. The molecule has 2 aromatic heterocycles. The van der Waals surface area contributed by atoms with Crippen LogP contribution in [0.3, 0.4) is 0 Å². The van der Waals surface area contributed by atoms with Crippen molar-refractivity contribution in [3.8, 4) is 0 Å². The van der Waals surface area contributed by atoms with Gasteiger partial charge in [0.1, 0.15) is 4.47 Å². The number of rotatable bonds is 7. The number of halogens is 1. The predicted molar refractivity (Wildman–Crippen MR) is 121 cm³/mol. The van der Waals surface area contributed by atoms with E-state index in [2.05, 4.69) is 26.1 Å². The summed E-state index contributed by atoms with van der Waals surface area (Å²) in [6, 6.07) is 1.97. The Morgan fingerprint density at radius 3 is 2.69 bits per heavy atom. The first-order valence-electron chi connectivity index (χ1n) is 11.4. The minimum atomic E-state index is -0.434. The highest BCUT2D eigenvalue weighted by atomic mass is 79.9. The van der Waals surface area contributed by atoms with E-state index in [4.69, 9.17) is 0 Å². The minimum Gasteiger partial charge on any atom is -0.358 e. The van der Waals surface area contributed by atoms with Gasteiger partial charge in [-0.15, -0.1) is 0 Å². The molecule has 2 atom stereocenters. The molecule has 0 aliphatic heterocycles. The Balaban J connectivity index is 1.37. The van der Waals surface area contributed by atoms with Crippen molar-refractivity contribution in [1.29, 1.82) is 0 Å². The number of nitro groups is 1. The number of aryl methyl sites for hydroxylation is 1. The SMILES string of the molecule is CCn1nccc1CN(C)C(=O)CC12CC3CC(C1)CC(n1cc(Br)c([N+](=O)[O-])n1)(C3)C2. The molecular formula is C22H29BrN6O3. The van der Waals surface area contributed by atoms with Crippen LogP contribution < -0.4 is 0 Å². The molecule has 4 aliphatic rings. The van der Waals surface area contributed by atoms with Gasteiger partial charge in [-0.25, -0.2) is 0 Å². The monoisotopic (exact) mass is 504 g/mol. The highest BCUT2D eigenvalue weighted by molar-refractivity contribution is 9.10. The van der Waals surface area contributed by atoms with Crippen molar-refractivity contribution < 1.29 is 9.72 Å². The van der Waals surface area contributed by atoms with E-state index < -0.39 is 4.92 Å². The fourth-order valence-electron chi connectivity index (χ4n) is 7.15. The van der Waals surface area contributed by atoms with Crippen LogP contribution in [-0.4, -0.2) is 42.3 Å². The minimum absolute atomic E-state index is 0.0480. The molecule has 2 aromatic rings. The van der Waals surface area contributed by atoms with Gasteiger partial charge in [-0.2, -0.15) is 9.78 Å². The van der Waals surface area contributed by atoms with Gasteiger partial charge in [0, 0.05) is 26.2 Å². The summed E-state index contributed by atoms with van der Waals surface area (Å²) in [7, 11) is 1.87. The van der Waals surface area contributed by atoms with Gasteiger partial charge < -0.3 is 15.0 Å². The molecule has 1 amide bonds. The summed E-state index contributed by atoms with van der Waals surface area (Å²) < 4.78 is 4.21. The summed E-state index contributed by atoms with van der Waals surface area (Å²) in [5, 5.41) is 20.1. The van der Waals surface area contributed by atoms with Crippen LogP contribution >= 0.6 is 15.9 Å². The molecule has 10 heteroatoms. The maximum absolute atomic E-state index is 13.3. The van der Waals surface area contributed by atoms with Crippen molar-refractivity contribution in [2.45, 2.75) is 70.5 Å². The van der Waals surface area contributed by atoms with Crippen molar-refractivity contribution in [3.63, 3.8) is 0 Å². The van der Waals surface area contributed by atoms with E-state index in [-0.39, 0.29) is 22.7 Å². The lowest BCUT2D eigenvalue weighted by molar-refractivity contribution is -0.390. The maximum atomic E-state index is 13.3. The number of aromatic nitrogens is 4. The van der Waals surface area contributed by atoms with Gasteiger partial charge >= 0.3 is 5.82 Å². The average Bonchev–Trinajstić information content (AvgIpc) is 3.33. The molecule has 2 unspecified atom stereocenters. The first kappa shape index (κ1) is 21.6. The van der Waals surface area contributed by atoms with Crippen molar-refractivity contribution in [2.75, 3.05) is 7.05 Å². The molecule has 6 rings (SSSR count). The molecule has 172 valence electrons. The number of hydrogen-bond donors (Lipinski definition) is 0. The molecular weight excluding hydrogens is 476 g/mol. The van der Waals surface area contributed by atoms with Crippen molar-refractivity contribution in [1.82, 2.24) is 24.5 Å². The number of hydrogen-bond acceptors (Lipinski definition) is 5. The van der Waals surface area contributed by atoms with Gasteiger partial charge in [0.15, 0.2) is 0 Å². The predicted octanol–water partition coefficient (Wildman–Crippen LogP) is 4.11. The zero-order valence-electron chi connectivity index (χ0n) is 18.5. The Hall–Kier alpha value is -2.23. The van der Waals surface area contributed by atoms with Crippen LogP contribution in [0.4, 0.5) is 5.82 Å². The van der Waals surface area contributed by atoms with Crippen molar-refractivity contribution in [3.05, 3.63) is 38.7 Å². The standard InChI is InChI=1S/C22H29BrN6O3/c1-3-27-17(4-5-24-27)12-26(2)19(30)11-21-7-15-6-16(8-21)10-22(9-15,14-21)28-13-18(23)20(25-28)29(31)32/h4-5,13,15-16H,3,6-12,14H2,1-2H3. The lowest BCUT2D eigenvalue weighted by Crippen LogP contribution is -2.57. The van der Waals surface area contributed by atoms with E-state index in [9.17, 15) is 14.9 Å². The van der Waals surface area contributed by atoms with Crippen LogP contribution in [0.1, 0.15) is 57.6 Å². The number of nitrogens with zero attached hydrogens (tertiary/aromatic N) is 6. The van der Waals surface area contributed by atoms with Gasteiger partial charge in [-0.3, -0.25) is 9.48 Å². The molecule has 4 saturated carbocycles. The highest BCUT2D eigenvalue weighted by Crippen LogP contribution is 2.65. The van der Waals surface area contributed by atoms with Crippen LogP contribution in [0.5, 0.6) is 0 Å². The van der Waals surface area contributed by atoms with E-state index in [1.807, 2.05) is 34.3 Å². The Labute approximate surface area is 195 Å². The maximum Gasteiger partial charge on any atom is 0.404 e. The molecule has 0 radical (unpaired) electrons. The lowest BCUT2D eigenvalue weighted by Gasteiger charge is -2.61. The van der Waals surface area contributed by atoms with Gasteiger partial charge in [0.2, 0.25) is 5.91 Å². The topological polar surface area (TPSA) is 99.1 Å². The molecule has 0 saturated heterocycles. The third-order valence-corrected chi connectivity index (χ3v) is 8.48. The molecule has 4 aliphatic carbocycles. The Morgan fingerprint density at radius 2 is 2.06 bits per heavy atom. The summed E-state index contributed by atoms with van der Waals surface area (Å²) >= 11 is 3.32. The molecule has 32 heavy (non-hydrogen) atoms.